The van der Waals surface area contributed by atoms with Gasteiger partial charge < -0.3 is 64.2 Å². The summed E-state index contributed by atoms with van der Waals surface area (Å²) in [5.74, 6) is 0.507. The first kappa shape index (κ1) is 25.6. The lowest BCUT2D eigenvalue weighted by Crippen LogP contribution is -2.60. The minimum absolute atomic E-state index is 0.0814. The molecule has 3 fully saturated rings. The molecule has 4 aliphatic heterocycles. The van der Waals surface area contributed by atoms with E-state index in [1.165, 1.54) is 18.2 Å². The highest BCUT2D eigenvalue weighted by Crippen LogP contribution is 2.56. The molecule has 2 aromatic rings. The number of aliphatic hydroxyl groups is 6. The van der Waals surface area contributed by atoms with Gasteiger partial charge in [0.25, 0.3) is 0 Å². The van der Waals surface area contributed by atoms with Crippen molar-refractivity contribution in [2.45, 2.75) is 54.1 Å². The van der Waals surface area contributed by atoms with Crippen LogP contribution in [0, 0.1) is 0 Å². The van der Waals surface area contributed by atoms with Gasteiger partial charge in [0, 0.05) is 0 Å². The standard InChI is InChI=1S/C25H28O13/c26-7-17-18(28)19(29)20(30)23(38-17)37-15-5-11(1-3-13(15)27)21-24(31)8-34-22(25(24,32)9-33-21)12-2-4-14-16(6-12)36-10-35-14/h1-6,17-23,26-32H,7-10H2/t17?,18?,19?,20?,21-,22-,23?,24+,25+/m1/s1. The zero-order chi connectivity index (χ0) is 26.8. The Labute approximate surface area is 215 Å². The summed E-state index contributed by atoms with van der Waals surface area (Å²) in [7, 11) is 0. The SMILES string of the molecule is OCC1OC(Oc2cc([C@H]3OC[C@]4(O)[C@@H](c5ccc6c(c5)OCO6)OC[C@]34O)ccc2O)C(O)C(O)C1O. The van der Waals surface area contributed by atoms with Crippen molar-refractivity contribution in [3.05, 3.63) is 47.5 Å². The number of fused-ring (bicyclic) bond motifs is 2. The van der Waals surface area contributed by atoms with Crippen LogP contribution in [0.15, 0.2) is 36.4 Å². The van der Waals surface area contributed by atoms with Crippen LogP contribution >= 0.6 is 0 Å². The van der Waals surface area contributed by atoms with Gasteiger partial charge in [-0.05, 0) is 35.4 Å². The van der Waals surface area contributed by atoms with Crippen LogP contribution in [0.3, 0.4) is 0 Å². The molecule has 38 heavy (non-hydrogen) atoms. The van der Waals surface area contributed by atoms with Gasteiger partial charge >= 0.3 is 0 Å². The van der Waals surface area contributed by atoms with Crippen molar-refractivity contribution < 1.29 is 64.2 Å². The Morgan fingerprint density at radius 2 is 1.45 bits per heavy atom. The number of benzene rings is 2. The number of hydrogen-bond acceptors (Lipinski definition) is 13. The number of phenols is 1. The van der Waals surface area contributed by atoms with Gasteiger partial charge in [-0.2, -0.15) is 0 Å². The molecular weight excluding hydrogens is 508 g/mol. The lowest BCUT2D eigenvalue weighted by atomic mass is 9.77. The largest absolute Gasteiger partial charge is 0.504 e. The highest BCUT2D eigenvalue weighted by Gasteiger charge is 2.69. The first-order valence-corrected chi connectivity index (χ1v) is 12.0. The van der Waals surface area contributed by atoms with Gasteiger partial charge in [0.2, 0.25) is 13.1 Å². The van der Waals surface area contributed by atoms with Crippen LogP contribution < -0.4 is 14.2 Å². The van der Waals surface area contributed by atoms with Crippen molar-refractivity contribution in [3.8, 4) is 23.0 Å². The van der Waals surface area contributed by atoms with E-state index in [4.69, 9.17) is 28.4 Å². The molecule has 5 unspecified atom stereocenters. The number of hydrogen-bond donors (Lipinski definition) is 7. The van der Waals surface area contributed by atoms with Crippen molar-refractivity contribution in [2.24, 2.45) is 0 Å². The van der Waals surface area contributed by atoms with Crippen LogP contribution in [0.25, 0.3) is 0 Å². The Hall–Kier alpha value is -2.72. The Balaban J connectivity index is 1.26. The maximum absolute atomic E-state index is 11.7. The normalized spacial score (nSPS) is 39.8. The first-order chi connectivity index (χ1) is 18.2. The molecule has 4 aliphatic rings. The quantitative estimate of drug-likeness (QED) is 0.236. The molecule has 0 bridgehead atoms. The molecule has 0 aromatic heterocycles. The van der Waals surface area contributed by atoms with Gasteiger partial charge in [-0.15, -0.1) is 0 Å². The second-order valence-corrected chi connectivity index (χ2v) is 9.89. The van der Waals surface area contributed by atoms with E-state index in [0.717, 1.165) is 0 Å². The predicted octanol–water partition coefficient (Wildman–Crippen LogP) is -1.40. The Bertz CT molecular complexity index is 1210. The smallest absolute Gasteiger partial charge is 0.231 e. The van der Waals surface area contributed by atoms with Gasteiger partial charge in [0.1, 0.15) is 36.6 Å². The average molecular weight is 536 g/mol. The molecule has 13 nitrogen and oxygen atoms in total. The molecule has 13 heteroatoms. The zero-order valence-corrected chi connectivity index (χ0v) is 19.9. The number of phenolic OH excluding ortho intramolecular Hbond substituents is 1. The van der Waals surface area contributed by atoms with Crippen LogP contribution in [-0.2, 0) is 14.2 Å². The van der Waals surface area contributed by atoms with Crippen molar-refractivity contribution in [1.82, 2.24) is 0 Å². The third-order valence-corrected chi connectivity index (χ3v) is 7.63. The minimum Gasteiger partial charge on any atom is -0.504 e. The van der Waals surface area contributed by atoms with Gasteiger partial charge in [-0.25, -0.2) is 0 Å². The van der Waals surface area contributed by atoms with E-state index in [2.05, 4.69) is 0 Å². The highest BCUT2D eigenvalue weighted by molar-refractivity contribution is 5.47. The van der Waals surface area contributed by atoms with Crippen LogP contribution in [0.4, 0.5) is 0 Å². The molecular formula is C25H28O13. The lowest BCUT2D eigenvalue weighted by molar-refractivity contribution is -0.277. The number of rotatable bonds is 5. The number of aromatic hydroxyl groups is 1. The van der Waals surface area contributed by atoms with Crippen LogP contribution in [0.5, 0.6) is 23.0 Å². The van der Waals surface area contributed by atoms with Crippen molar-refractivity contribution in [2.75, 3.05) is 26.6 Å². The van der Waals surface area contributed by atoms with E-state index in [-0.39, 0.29) is 31.5 Å². The second-order valence-electron chi connectivity index (χ2n) is 9.89. The summed E-state index contributed by atoms with van der Waals surface area (Å²) in [6.07, 6.45) is -9.72. The number of ether oxygens (including phenoxy) is 6. The summed E-state index contributed by atoms with van der Waals surface area (Å²) in [5, 5.41) is 73.4. The summed E-state index contributed by atoms with van der Waals surface area (Å²) in [6.45, 7) is -1.10. The van der Waals surface area contributed by atoms with E-state index in [1.807, 2.05) is 0 Å². The fourth-order valence-electron chi connectivity index (χ4n) is 5.45. The third-order valence-electron chi connectivity index (χ3n) is 7.63. The maximum atomic E-state index is 11.7. The molecule has 7 N–H and O–H groups in total. The van der Waals surface area contributed by atoms with Crippen molar-refractivity contribution in [3.63, 3.8) is 0 Å². The molecule has 6 rings (SSSR count). The third kappa shape index (κ3) is 3.74. The van der Waals surface area contributed by atoms with E-state index >= 15 is 0 Å². The van der Waals surface area contributed by atoms with Gasteiger partial charge in [-0.3, -0.25) is 0 Å². The fourth-order valence-corrected chi connectivity index (χ4v) is 5.45. The first-order valence-electron chi connectivity index (χ1n) is 12.0. The maximum Gasteiger partial charge on any atom is 0.231 e. The summed E-state index contributed by atoms with van der Waals surface area (Å²) in [5.41, 5.74) is -2.84. The van der Waals surface area contributed by atoms with E-state index in [1.54, 1.807) is 18.2 Å². The monoisotopic (exact) mass is 536 g/mol. The van der Waals surface area contributed by atoms with Gasteiger partial charge in [0.15, 0.2) is 34.2 Å². The van der Waals surface area contributed by atoms with Crippen molar-refractivity contribution in [1.29, 1.82) is 0 Å². The van der Waals surface area contributed by atoms with E-state index in [9.17, 15) is 35.7 Å². The lowest BCUT2D eigenvalue weighted by Gasteiger charge is -2.39. The average Bonchev–Trinajstić information content (AvgIpc) is 3.55. The topological polar surface area (TPSA) is 197 Å². The molecule has 0 aliphatic carbocycles. The second kappa shape index (κ2) is 9.19. The zero-order valence-electron chi connectivity index (χ0n) is 19.9. The van der Waals surface area contributed by atoms with Gasteiger partial charge in [0.05, 0.1) is 19.8 Å². The summed E-state index contributed by atoms with van der Waals surface area (Å²) >= 11 is 0. The Morgan fingerprint density at radius 3 is 2.13 bits per heavy atom. The van der Waals surface area contributed by atoms with E-state index < -0.39 is 60.7 Å². The molecule has 206 valence electrons. The van der Waals surface area contributed by atoms with Crippen LogP contribution in [-0.4, -0.2) is 104 Å². The number of aliphatic hydroxyl groups excluding tert-OH is 4. The predicted molar refractivity (Wildman–Crippen MR) is 122 cm³/mol. The molecule has 2 aromatic carbocycles. The molecule has 9 atom stereocenters. The Morgan fingerprint density at radius 1 is 0.816 bits per heavy atom. The van der Waals surface area contributed by atoms with Crippen molar-refractivity contribution >= 4 is 0 Å². The summed E-state index contributed by atoms with van der Waals surface area (Å²) in [6, 6.07) is 9.15. The fraction of sp³-hybridized carbons (Fsp3) is 0.520. The van der Waals surface area contributed by atoms with Crippen LogP contribution in [0.2, 0.25) is 0 Å². The Kier molecular flexibility index (Phi) is 6.18. The minimum atomic E-state index is -1.88. The van der Waals surface area contributed by atoms with Crippen LogP contribution in [0.1, 0.15) is 23.3 Å². The molecule has 3 saturated heterocycles. The van der Waals surface area contributed by atoms with E-state index in [0.29, 0.717) is 22.6 Å². The molecule has 0 spiro atoms. The molecule has 0 amide bonds. The molecule has 4 heterocycles. The highest BCUT2D eigenvalue weighted by atomic mass is 16.7. The molecule has 0 radical (unpaired) electrons. The van der Waals surface area contributed by atoms with Gasteiger partial charge in [-0.1, -0.05) is 12.1 Å². The summed E-state index contributed by atoms with van der Waals surface area (Å²) in [4.78, 5) is 0. The molecule has 0 saturated carbocycles. The summed E-state index contributed by atoms with van der Waals surface area (Å²) < 4.78 is 33.4.